The van der Waals surface area contributed by atoms with Crippen LogP contribution in [0.3, 0.4) is 0 Å². The van der Waals surface area contributed by atoms with Crippen molar-refractivity contribution < 1.29 is 13.9 Å². The normalized spacial score (nSPS) is 11.1. The van der Waals surface area contributed by atoms with E-state index in [1.165, 1.54) is 12.1 Å². The fourth-order valence-corrected chi connectivity index (χ4v) is 1.65. The molecule has 0 aromatic heterocycles. The number of benzene rings is 1. The molecular formula is C13H15BrFNO2. The zero-order chi connectivity index (χ0) is 13.8. The molecule has 0 bridgehead atoms. The van der Waals surface area contributed by atoms with E-state index >= 15 is 0 Å². The molecule has 1 aromatic carbocycles. The Bertz CT molecular complexity index is 469. The molecule has 5 heteroatoms. The highest BCUT2D eigenvalue weighted by atomic mass is 79.9. The van der Waals surface area contributed by atoms with Crippen molar-refractivity contribution >= 4 is 15.9 Å². The van der Waals surface area contributed by atoms with E-state index < -0.39 is 5.82 Å². The summed E-state index contributed by atoms with van der Waals surface area (Å²) in [6.07, 6.45) is 0.639. The Morgan fingerprint density at radius 2 is 2.11 bits per heavy atom. The van der Waals surface area contributed by atoms with Gasteiger partial charge in [0.15, 0.2) is 11.6 Å². The Morgan fingerprint density at radius 1 is 1.44 bits per heavy atom. The van der Waals surface area contributed by atoms with Crippen molar-refractivity contribution in [3.05, 3.63) is 28.0 Å². The molecular weight excluding hydrogens is 301 g/mol. The van der Waals surface area contributed by atoms with E-state index in [0.29, 0.717) is 13.0 Å². The summed E-state index contributed by atoms with van der Waals surface area (Å²) >= 11 is 3.03. The minimum atomic E-state index is -0.552. The van der Waals surface area contributed by atoms with E-state index in [1.54, 1.807) is 7.11 Å². The Balaban J connectivity index is 2.70. The van der Waals surface area contributed by atoms with Crippen LogP contribution >= 0.6 is 15.9 Å². The number of halogens is 2. The van der Waals surface area contributed by atoms with Gasteiger partial charge in [0.1, 0.15) is 6.07 Å². The lowest BCUT2D eigenvalue weighted by molar-refractivity contribution is 0.00513. The van der Waals surface area contributed by atoms with Crippen molar-refractivity contribution in [1.29, 1.82) is 5.26 Å². The zero-order valence-electron chi connectivity index (χ0n) is 10.6. The number of hydrogen-bond acceptors (Lipinski definition) is 3. The fraction of sp³-hybridized carbons (Fsp3) is 0.462. The summed E-state index contributed by atoms with van der Waals surface area (Å²) in [5.74, 6) is -0.419. The Morgan fingerprint density at radius 3 is 2.67 bits per heavy atom. The lowest BCUT2D eigenvalue weighted by Crippen LogP contribution is -2.25. The molecule has 0 heterocycles. The summed E-state index contributed by atoms with van der Waals surface area (Å²) in [5.41, 5.74) is -0.0580. The van der Waals surface area contributed by atoms with E-state index in [2.05, 4.69) is 15.9 Å². The molecule has 0 atom stereocenters. The van der Waals surface area contributed by atoms with Crippen molar-refractivity contribution in [2.45, 2.75) is 25.9 Å². The topological polar surface area (TPSA) is 42.2 Å². The van der Waals surface area contributed by atoms with Gasteiger partial charge in [0.25, 0.3) is 0 Å². The average Bonchev–Trinajstić information content (AvgIpc) is 2.35. The molecule has 0 aliphatic rings. The lowest BCUT2D eigenvalue weighted by atomic mass is 10.1. The van der Waals surface area contributed by atoms with E-state index in [-0.39, 0.29) is 21.4 Å². The van der Waals surface area contributed by atoms with Gasteiger partial charge in [-0.1, -0.05) is 0 Å². The molecule has 0 amide bonds. The monoisotopic (exact) mass is 315 g/mol. The summed E-state index contributed by atoms with van der Waals surface area (Å²) in [5, 5.41) is 8.74. The highest BCUT2D eigenvalue weighted by molar-refractivity contribution is 9.10. The van der Waals surface area contributed by atoms with Crippen LogP contribution in [-0.2, 0) is 4.74 Å². The number of nitriles is 1. The quantitative estimate of drug-likeness (QED) is 0.832. The first-order valence-corrected chi connectivity index (χ1v) is 6.26. The molecule has 0 N–H and O–H groups in total. The van der Waals surface area contributed by atoms with Crippen LogP contribution < -0.4 is 4.74 Å². The zero-order valence-corrected chi connectivity index (χ0v) is 12.2. The van der Waals surface area contributed by atoms with Crippen LogP contribution in [0.4, 0.5) is 4.39 Å². The van der Waals surface area contributed by atoms with Crippen LogP contribution in [0.5, 0.6) is 5.75 Å². The Hall–Kier alpha value is -1.12. The predicted octanol–water partition coefficient (Wildman–Crippen LogP) is 3.65. The third-order valence-electron chi connectivity index (χ3n) is 2.68. The summed E-state index contributed by atoms with van der Waals surface area (Å²) in [6.45, 7) is 4.21. The molecule has 0 spiro atoms. The van der Waals surface area contributed by atoms with Gasteiger partial charge in [0.05, 0.1) is 22.2 Å². The van der Waals surface area contributed by atoms with Crippen LogP contribution in [0.1, 0.15) is 25.8 Å². The van der Waals surface area contributed by atoms with Crippen molar-refractivity contribution in [3.63, 3.8) is 0 Å². The van der Waals surface area contributed by atoms with Crippen LogP contribution in [0.2, 0.25) is 0 Å². The largest absolute Gasteiger partial charge is 0.490 e. The second kappa shape index (κ2) is 6.17. The highest BCUT2D eigenvalue weighted by Gasteiger charge is 2.17. The molecule has 1 aromatic rings. The van der Waals surface area contributed by atoms with E-state index in [9.17, 15) is 4.39 Å². The van der Waals surface area contributed by atoms with Gasteiger partial charge >= 0.3 is 0 Å². The van der Waals surface area contributed by atoms with Gasteiger partial charge < -0.3 is 9.47 Å². The first-order chi connectivity index (χ1) is 8.41. The average molecular weight is 316 g/mol. The molecule has 3 nitrogen and oxygen atoms in total. The number of rotatable bonds is 5. The van der Waals surface area contributed by atoms with Crippen molar-refractivity contribution in [2.24, 2.45) is 0 Å². The smallest absolute Gasteiger partial charge is 0.180 e. The van der Waals surface area contributed by atoms with Crippen LogP contribution in [0.15, 0.2) is 16.6 Å². The van der Waals surface area contributed by atoms with Crippen molar-refractivity contribution in [2.75, 3.05) is 13.7 Å². The maximum atomic E-state index is 13.8. The standard InChI is InChI=1S/C13H15BrFNO2/c1-13(2,17-3)6-7-18-10-5-4-9(8-16)11(14)12(10)15/h4-5H,6-7H2,1-3H3. The van der Waals surface area contributed by atoms with Crippen molar-refractivity contribution in [3.8, 4) is 11.8 Å². The molecule has 0 radical (unpaired) electrons. The SMILES string of the molecule is COC(C)(C)CCOc1ccc(C#N)c(Br)c1F. The van der Waals surface area contributed by atoms with Gasteiger partial charge in [-0.25, -0.2) is 4.39 Å². The summed E-state index contributed by atoms with van der Waals surface area (Å²) in [7, 11) is 1.62. The molecule has 0 unspecified atom stereocenters. The summed E-state index contributed by atoms with van der Waals surface area (Å²) < 4.78 is 24.5. The molecule has 0 saturated carbocycles. The van der Waals surface area contributed by atoms with Gasteiger partial charge in [0, 0.05) is 13.5 Å². The lowest BCUT2D eigenvalue weighted by Gasteiger charge is -2.22. The first-order valence-electron chi connectivity index (χ1n) is 5.47. The molecule has 0 fully saturated rings. The first kappa shape index (κ1) is 14.9. The van der Waals surface area contributed by atoms with Gasteiger partial charge in [0.2, 0.25) is 0 Å². The third-order valence-corrected chi connectivity index (χ3v) is 3.46. The van der Waals surface area contributed by atoms with E-state index in [0.717, 1.165) is 0 Å². The molecule has 18 heavy (non-hydrogen) atoms. The highest BCUT2D eigenvalue weighted by Crippen LogP contribution is 2.28. The predicted molar refractivity (Wildman–Crippen MR) is 70.0 cm³/mol. The van der Waals surface area contributed by atoms with Gasteiger partial charge in [-0.05, 0) is 41.9 Å². The second-order valence-corrected chi connectivity index (χ2v) is 5.21. The van der Waals surface area contributed by atoms with Gasteiger partial charge in [-0.3, -0.25) is 0 Å². The van der Waals surface area contributed by atoms with Crippen LogP contribution in [0.25, 0.3) is 0 Å². The second-order valence-electron chi connectivity index (χ2n) is 4.41. The van der Waals surface area contributed by atoms with E-state index in [4.69, 9.17) is 14.7 Å². The van der Waals surface area contributed by atoms with Crippen LogP contribution in [0, 0.1) is 17.1 Å². The molecule has 0 saturated heterocycles. The Labute approximate surface area is 115 Å². The van der Waals surface area contributed by atoms with E-state index in [1.807, 2.05) is 19.9 Å². The number of methoxy groups -OCH3 is 1. The maximum Gasteiger partial charge on any atom is 0.180 e. The number of nitrogens with zero attached hydrogens (tertiary/aromatic N) is 1. The third kappa shape index (κ3) is 3.69. The molecule has 0 aliphatic carbocycles. The van der Waals surface area contributed by atoms with Crippen LogP contribution in [-0.4, -0.2) is 19.3 Å². The summed E-state index contributed by atoms with van der Waals surface area (Å²) in [6, 6.07) is 4.86. The molecule has 1 rings (SSSR count). The summed E-state index contributed by atoms with van der Waals surface area (Å²) in [4.78, 5) is 0. The number of ether oxygens (including phenoxy) is 2. The van der Waals surface area contributed by atoms with Gasteiger partial charge in [-0.2, -0.15) is 5.26 Å². The molecule has 98 valence electrons. The molecule has 0 aliphatic heterocycles. The van der Waals surface area contributed by atoms with Gasteiger partial charge in [-0.15, -0.1) is 0 Å². The van der Waals surface area contributed by atoms with Crippen molar-refractivity contribution in [1.82, 2.24) is 0 Å². The minimum Gasteiger partial charge on any atom is -0.490 e. The minimum absolute atomic E-state index is 0.132. The fourth-order valence-electron chi connectivity index (χ4n) is 1.24. The Kier molecular flexibility index (Phi) is 5.12. The number of hydrogen-bond donors (Lipinski definition) is 0. The maximum absolute atomic E-state index is 13.8.